The van der Waals surface area contributed by atoms with E-state index >= 15 is 0 Å². The zero-order valence-corrected chi connectivity index (χ0v) is 11.7. The molecule has 1 atom stereocenters. The van der Waals surface area contributed by atoms with Gasteiger partial charge >= 0.3 is 0 Å². The molecule has 0 aliphatic carbocycles. The molecule has 0 spiro atoms. The molecule has 1 unspecified atom stereocenters. The number of carbonyl (C=O) groups is 1. The molecule has 0 saturated carbocycles. The number of Topliss-reactive ketones (excluding diaryl/α,β-unsaturated/α-hetero) is 1. The molecule has 0 fully saturated rings. The van der Waals surface area contributed by atoms with E-state index in [4.69, 9.17) is 9.47 Å². The summed E-state index contributed by atoms with van der Waals surface area (Å²) in [7, 11) is 0. The van der Waals surface area contributed by atoms with Crippen LogP contribution in [0.3, 0.4) is 0 Å². The Morgan fingerprint density at radius 1 is 1.22 bits per heavy atom. The van der Waals surface area contributed by atoms with Crippen LogP contribution in [0.2, 0.25) is 0 Å². The summed E-state index contributed by atoms with van der Waals surface area (Å²) < 4.78 is 12.1. The first kappa shape index (κ1) is 11.7. The van der Waals surface area contributed by atoms with Crippen LogP contribution < -0.4 is 9.47 Å². The van der Waals surface area contributed by atoms with Gasteiger partial charge in [0, 0.05) is 0 Å². The van der Waals surface area contributed by atoms with E-state index in [1.54, 1.807) is 12.1 Å². The second-order valence-electron chi connectivity index (χ2n) is 3.83. The molecule has 0 radical (unpaired) electrons. The van der Waals surface area contributed by atoms with Gasteiger partial charge in [-0.2, -0.15) is 0 Å². The third-order valence-corrected chi connectivity index (χ3v) is 4.26. The number of para-hydroxylation sites is 2. The Morgan fingerprint density at radius 3 is 2.72 bits per heavy atom. The molecule has 18 heavy (non-hydrogen) atoms. The summed E-state index contributed by atoms with van der Waals surface area (Å²) in [5, 5.41) is 0. The molecule has 0 bridgehead atoms. The van der Waals surface area contributed by atoms with E-state index in [0.29, 0.717) is 16.4 Å². The molecule has 2 aromatic rings. The highest BCUT2D eigenvalue weighted by Gasteiger charge is 2.28. The minimum Gasteiger partial charge on any atom is -0.485 e. The SMILES string of the molecule is O=C(c1ccc(Br)s1)C1COc2ccccc2O1. The van der Waals surface area contributed by atoms with Crippen LogP contribution in [0, 0.1) is 0 Å². The number of fused-ring (bicyclic) bond motifs is 1. The predicted octanol–water partition coefficient (Wildman–Crippen LogP) is 3.53. The fraction of sp³-hybridized carbons (Fsp3) is 0.154. The van der Waals surface area contributed by atoms with Crippen molar-refractivity contribution in [2.24, 2.45) is 0 Å². The van der Waals surface area contributed by atoms with Crippen molar-refractivity contribution in [2.75, 3.05) is 6.61 Å². The van der Waals surface area contributed by atoms with Gasteiger partial charge in [-0.1, -0.05) is 12.1 Å². The quantitative estimate of drug-likeness (QED) is 0.793. The number of ketones is 1. The second-order valence-corrected chi connectivity index (χ2v) is 6.30. The number of halogens is 1. The van der Waals surface area contributed by atoms with Crippen LogP contribution in [-0.4, -0.2) is 18.5 Å². The summed E-state index contributed by atoms with van der Waals surface area (Å²) in [6.45, 7) is 0.255. The van der Waals surface area contributed by atoms with Crippen LogP contribution in [0.25, 0.3) is 0 Å². The Balaban J connectivity index is 1.82. The summed E-state index contributed by atoms with van der Waals surface area (Å²) >= 11 is 4.75. The average molecular weight is 325 g/mol. The highest BCUT2D eigenvalue weighted by atomic mass is 79.9. The Kier molecular flexibility index (Phi) is 3.09. The fourth-order valence-corrected chi connectivity index (χ4v) is 3.12. The van der Waals surface area contributed by atoms with Crippen LogP contribution in [0.1, 0.15) is 9.67 Å². The summed E-state index contributed by atoms with van der Waals surface area (Å²) in [6.07, 6.45) is -0.564. The van der Waals surface area contributed by atoms with Crippen molar-refractivity contribution in [1.82, 2.24) is 0 Å². The van der Waals surface area contributed by atoms with Gasteiger partial charge in [-0.15, -0.1) is 11.3 Å². The summed E-state index contributed by atoms with van der Waals surface area (Å²) in [4.78, 5) is 12.9. The van der Waals surface area contributed by atoms with Crippen LogP contribution in [0.4, 0.5) is 0 Å². The minimum atomic E-state index is -0.564. The van der Waals surface area contributed by atoms with Crippen molar-refractivity contribution in [3.05, 3.63) is 45.1 Å². The largest absolute Gasteiger partial charge is 0.485 e. The first-order valence-electron chi connectivity index (χ1n) is 5.42. The van der Waals surface area contributed by atoms with Crippen molar-refractivity contribution in [3.8, 4) is 11.5 Å². The van der Waals surface area contributed by atoms with Gasteiger partial charge in [0.15, 0.2) is 17.6 Å². The van der Waals surface area contributed by atoms with Crippen LogP contribution in [-0.2, 0) is 0 Å². The number of hydrogen-bond donors (Lipinski definition) is 0. The van der Waals surface area contributed by atoms with Crippen LogP contribution in [0.15, 0.2) is 40.2 Å². The van der Waals surface area contributed by atoms with Crippen LogP contribution >= 0.6 is 27.3 Å². The third-order valence-electron chi connectivity index (χ3n) is 2.62. The topological polar surface area (TPSA) is 35.5 Å². The highest BCUT2D eigenvalue weighted by molar-refractivity contribution is 9.11. The molecular weight excluding hydrogens is 316 g/mol. The maximum atomic E-state index is 12.2. The Labute approximate surface area is 116 Å². The van der Waals surface area contributed by atoms with E-state index in [0.717, 1.165) is 3.79 Å². The van der Waals surface area contributed by atoms with Gasteiger partial charge in [0.25, 0.3) is 0 Å². The molecule has 0 amide bonds. The Bertz CT molecular complexity index is 593. The van der Waals surface area contributed by atoms with E-state index in [1.807, 2.05) is 24.3 Å². The number of hydrogen-bond acceptors (Lipinski definition) is 4. The van der Waals surface area contributed by atoms with Crippen molar-refractivity contribution in [3.63, 3.8) is 0 Å². The van der Waals surface area contributed by atoms with Crippen molar-refractivity contribution < 1.29 is 14.3 Å². The normalized spacial score (nSPS) is 17.5. The Hall–Kier alpha value is -1.33. The summed E-state index contributed by atoms with van der Waals surface area (Å²) in [6, 6.07) is 11.0. The zero-order chi connectivity index (χ0) is 12.5. The standard InChI is InChI=1S/C13H9BrO3S/c14-12-6-5-11(18-12)13(15)10-7-16-8-3-1-2-4-9(8)17-10/h1-6,10H,7H2. The number of ether oxygens (including phenoxy) is 2. The van der Waals surface area contributed by atoms with E-state index in [1.165, 1.54) is 11.3 Å². The molecule has 92 valence electrons. The van der Waals surface area contributed by atoms with Gasteiger partial charge < -0.3 is 9.47 Å². The molecular formula is C13H9BrO3S. The first-order valence-corrected chi connectivity index (χ1v) is 7.03. The molecule has 3 nitrogen and oxygen atoms in total. The highest BCUT2D eigenvalue weighted by Crippen LogP contribution is 2.32. The molecule has 5 heteroatoms. The van der Waals surface area contributed by atoms with E-state index < -0.39 is 6.10 Å². The number of carbonyl (C=O) groups excluding carboxylic acids is 1. The van der Waals surface area contributed by atoms with Gasteiger partial charge in [0.05, 0.1) is 8.66 Å². The fourth-order valence-electron chi connectivity index (χ4n) is 1.75. The van der Waals surface area contributed by atoms with E-state index in [-0.39, 0.29) is 12.4 Å². The van der Waals surface area contributed by atoms with E-state index in [2.05, 4.69) is 15.9 Å². The van der Waals surface area contributed by atoms with Gasteiger partial charge in [0.2, 0.25) is 5.78 Å². The van der Waals surface area contributed by atoms with Crippen LogP contribution in [0.5, 0.6) is 11.5 Å². The van der Waals surface area contributed by atoms with Crippen molar-refractivity contribution in [1.29, 1.82) is 0 Å². The molecule has 1 aromatic heterocycles. The minimum absolute atomic E-state index is 0.0415. The van der Waals surface area contributed by atoms with Crippen molar-refractivity contribution >= 4 is 33.0 Å². The zero-order valence-electron chi connectivity index (χ0n) is 9.26. The maximum Gasteiger partial charge on any atom is 0.216 e. The third kappa shape index (κ3) is 2.15. The Morgan fingerprint density at radius 2 is 2.00 bits per heavy atom. The molecule has 3 rings (SSSR count). The lowest BCUT2D eigenvalue weighted by molar-refractivity contribution is 0.0590. The summed E-state index contributed by atoms with van der Waals surface area (Å²) in [5.74, 6) is 1.27. The lowest BCUT2D eigenvalue weighted by Crippen LogP contribution is -2.36. The molecule has 0 N–H and O–H groups in total. The molecule has 1 aromatic carbocycles. The second kappa shape index (κ2) is 4.74. The monoisotopic (exact) mass is 324 g/mol. The van der Waals surface area contributed by atoms with Crippen molar-refractivity contribution in [2.45, 2.75) is 6.10 Å². The smallest absolute Gasteiger partial charge is 0.216 e. The molecule has 0 saturated heterocycles. The number of rotatable bonds is 2. The van der Waals surface area contributed by atoms with Gasteiger partial charge in [-0.05, 0) is 40.2 Å². The summed E-state index contributed by atoms with van der Waals surface area (Å²) in [5.41, 5.74) is 0. The molecule has 1 aliphatic heterocycles. The molecule has 2 heterocycles. The first-order chi connectivity index (χ1) is 8.74. The maximum absolute atomic E-state index is 12.2. The van der Waals surface area contributed by atoms with Gasteiger partial charge in [-0.3, -0.25) is 4.79 Å². The van der Waals surface area contributed by atoms with E-state index in [9.17, 15) is 4.79 Å². The lowest BCUT2D eigenvalue weighted by atomic mass is 10.2. The predicted molar refractivity (Wildman–Crippen MR) is 72.7 cm³/mol. The number of thiophene rings is 1. The van der Waals surface area contributed by atoms with Gasteiger partial charge in [0.1, 0.15) is 6.61 Å². The number of benzene rings is 1. The molecule has 1 aliphatic rings. The average Bonchev–Trinajstić information content (AvgIpc) is 2.84. The van der Waals surface area contributed by atoms with Gasteiger partial charge in [-0.25, -0.2) is 0 Å². The lowest BCUT2D eigenvalue weighted by Gasteiger charge is -2.25.